The van der Waals surface area contributed by atoms with Crippen molar-refractivity contribution in [3.63, 3.8) is 0 Å². The van der Waals surface area contributed by atoms with Crippen LogP contribution < -0.4 is 0 Å². The highest BCUT2D eigenvalue weighted by Crippen LogP contribution is 2.14. The lowest BCUT2D eigenvalue weighted by atomic mass is 10.5. The van der Waals surface area contributed by atoms with Crippen LogP contribution in [0.25, 0.3) is 0 Å². The molecule has 0 radical (unpaired) electrons. The monoisotopic (exact) mass is 134 g/mol. The van der Waals surface area contributed by atoms with E-state index < -0.39 is 0 Å². The number of hydrogen-bond donors (Lipinski definition) is 1. The number of rotatable bonds is 1. The minimum Gasteiger partial charge on any atom is -0.395 e. The first kappa shape index (κ1) is 6.39. The molecular weight excluding hydrogens is 124 g/mol. The molecule has 0 aromatic rings. The molecule has 1 atom stereocenters. The average Bonchev–Trinajstić information content (AvgIpc) is 1.90. The van der Waals surface area contributed by atoms with E-state index in [0.717, 1.165) is 19.0 Å². The lowest BCUT2D eigenvalue weighted by molar-refractivity contribution is 0.125. The lowest BCUT2D eigenvalue weighted by Gasteiger charge is -2.18. The third-order valence-corrected chi connectivity index (χ3v) is 2.25. The van der Waals surface area contributed by atoms with Gasteiger partial charge in [-0.2, -0.15) is 11.8 Å². The van der Waals surface area contributed by atoms with Gasteiger partial charge in [0.2, 0.25) is 0 Å². The Balaban J connectivity index is 2.13. The van der Waals surface area contributed by atoms with Gasteiger partial charge in [0.25, 0.3) is 0 Å². The molecule has 1 rings (SSSR count). The van der Waals surface area contributed by atoms with Crippen LogP contribution in [-0.2, 0) is 4.74 Å². The molecule has 2 nitrogen and oxygen atoms in total. The van der Waals surface area contributed by atoms with Crippen LogP contribution in [0.4, 0.5) is 0 Å². The first-order valence-electron chi connectivity index (χ1n) is 2.73. The molecule has 1 aliphatic rings. The summed E-state index contributed by atoms with van der Waals surface area (Å²) in [5, 5.41) is 8.93. The summed E-state index contributed by atoms with van der Waals surface area (Å²) in [5.74, 6) is 1.03. The summed E-state index contributed by atoms with van der Waals surface area (Å²) < 4.78 is 5.09. The van der Waals surface area contributed by atoms with Crippen LogP contribution in [0.3, 0.4) is 0 Å². The molecule has 1 saturated heterocycles. The minimum atomic E-state index is 0.255. The normalized spacial score (nSPS) is 30.4. The molecule has 1 fully saturated rings. The molecule has 8 heavy (non-hydrogen) atoms. The van der Waals surface area contributed by atoms with Crippen molar-refractivity contribution in [1.29, 1.82) is 0 Å². The van der Waals surface area contributed by atoms with Gasteiger partial charge in [-0.1, -0.05) is 0 Å². The van der Waals surface area contributed by atoms with E-state index in [1.54, 1.807) is 11.8 Å². The summed E-state index contributed by atoms with van der Waals surface area (Å²) in [6.45, 7) is 1.83. The Kier molecular flexibility index (Phi) is 2.66. The van der Waals surface area contributed by atoms with Gasteiger partial charge < -0.3 is 9.84 Å². The van der Waals surface area contributed by atoms with Gasteiger partial charge in [-0.3, -0.25) is 0 Å². The van der Waals surface area contributed by atoms with E-state index in [9.17, 15) is 0 Å². The van der Waals surface area contributed by atoms with Crippen molar-refractivity contribution >= 4 is 11.8 Å². The first-order chi connectivity index (χ1) is 3.93. The standard InChI is InChI=1S/C5H10O2S/c6-3-5-4-7-1-2-8-5/h5-6H,1-4H2. The number of thioether (sulfide) groups is 1. The molecule has 48 valence electrons. The molecule has 0 saturated carbocycles. The van der Waals surface area contributed by atoms with Crippen molar-refractivity contribution < 1.29 is 9.84 Å². The lowest BCUT2D eigenvalue weighted by Crippen LogP contribution is -2.23. The Morgan fingerprint density at radius 1 is 1.75 bits per heavy atom. The van der Waals surface area contributed by atoms with Gasteiger partial charge in [0.05, 0.1) is 25.1 Å². The second-order valence-electron chi connectivity index (χ2n) is 1.75. The van der Waals surface area contributed by atoms with E-state index in [0.29, 0.717) is 5.25 Å². The van der Waals surface area contributed by atoms with Crippen LogP contribution in [0.2, 0.25) is 0 Å². The minimum absolute atomic E-state index is 0.255. The van der Waals surface area contributed by atoms with Crippen molar-refractivity contribution in [3.8, 4) is 0 Å². The second-order valence-corrected chi connectivity index (χ2v) is 3.16. The summed E-state index contributed by atoms with van der Waals surface area (Å²) in [7, 11) is 0. The van der Waals surface area contributed by atoms with Crippen molar-refractivity contribution in [1.82, 2.24) is 0 Å². The third-order valence-electron chi connectivity index (χ3n) is 1.09. The number of aliphatic hydroxyl groups is 1. The predicted molar refractivity (Wildman–Crippen MR) is 34.2 cm³/mol. The van der Waals surface area contributed by atoms with Crippen molar-refractivity contribution in [2.24, 2.45) is 0 Å². The zero-order chi connectivity index (χ0) is 5.82. The Hall–Kier alpha value is 0.270. The average molecular weight is 134 g/mol. The van der Waals surface area contributed by atoms with E-state index in [4.69, 9.17) is 9.84 Å². The van der Waals surface area contributed by atoms with E-state index in [2.05, 4.69) is 0 Å². The van der Waals surface area contributed by atoms with Crippen LogP contribution in [0.1, 0.15) is 0 Å². The van der Waals surface area contributed by atoms with Gasteiger partial charge in [0.1, 0.15) is 0 Å². The highest BCUT2D eigenvalue weighted by atomic mass is 32.2. The topological polar surface area (TPSA) is 29.5 Å². The molecule has 0 aliphatic carbocycles. The van der Waals surface area contributed by atoms with Gasteiger partial charge in [0.15, 0.2) is 0 Å². The molecule has 1 aliphatic heterocycles. The SMILES string of the molecule is OCC1COCCS1. The van der Waals surface area contributed by atoms with Gasteiger partial charge in [-0.15, -0.1) is 0 Å². The van der Waals surface area contributed by atoms with Gasteiger partial charge in [-0.25, -0.2) is 0 Å². The van der Waals surface area contributed by atoms with E-state index in [1.807, 2.05) is 0 Å². The smallest absolute Gasteiger partial charge is 0.0607 e. The first-order valence-corrected chi connectivity index (χ1v) is 3.78. The zero-order valence-corrected chi connectivity index (χ0v) is 5.49. The predicted octanol–water partition coefficient (Wildman–Crippen LogP) is 0.111. The largest absolute Gasteiger partial charge is 0.395 e. The van der Waals surface area contributed by atoms with Crippen LogP contribution in [0.15, 0.2) is 0 Å². The quantitative estimate of drug-likeness (QED) is 0.552. The van der Waals surface area contributed by atoms with E-state index >= 15 is 0 Å². The fourth-order valence-corrected chi connectivity index (χ4v) is 1.49. The Labute approximate surface area is 53.2 Å². The Bertz CT molecular complexity index is 61.4. The highest BCUT2D eigenvalue weighted by molar-refractivity contribution is 8.00. The van der Waals surface area contributed by atoms with Crippen LogP contribution in [0.5, 0.6) is 0 Å². The zero-order valence-electron chi connectivity index (χ0n) is 4.67. The van der Waals surface area contributed by atoms with Gasteiger partial charge in [-0.05, 0) is 0 Å². The number of aliphatic hydroxyl groups excluding tert-OH is 1. The maximum atomic E-state index is 8.59. The van der Waals surface area contributed by atoms with E-state index in [1.165, 1.54) is 0 Å². The maximum absolute atomic E-state index is 8.59. The summed E-state index contributed by atoms with van der Waals surface area (Å²) in [5.41, 5.74) is 0. The molecular formula is C5H10O2S. The van der Waals surface area contributed by atoms with Crippen LogP contribution >= 0.6 is 11.8 Å². The van der Waals surface area contributed by atoms with Gasteiger partial charge in [0, 0.05) is 5.75 Å². The molecule has 0 aromatic carbocycles. The van der Waals surface area contributed by atoms with Crippen molar-refractivity contribution in [2.45, 2.75) is 5.25 Å². The third kappa shape index (κ3) is 1.65. The molecule has 1 unspecified atom stereocenters. The summed E-state index contributed by atoms with van der Waals surface area (Å²) in [6, 6.07) is 0. The number of ether oxygens (including phenoxy) is 1. The fraction of sp³-hybridized carbons (Fsp3) is 1.00. The van der Waals surface area contributed by atoms with Crippen LogP contribution in [-0.4, -0.2) is 35.9 Å². The molecule has 1 heterocycles. The van der Waals surface area contributed by atoms with Crippen LogP contribution in [0, 0.1) is 0 Å². The van der Waals surface area contributed by atoms with E-state index in [-0.39, 0.29) is 6.61 Å². The van der Waals surface area contributed by atoms with Crippen molar-refractivity contribution in [3.05, 3.63) is 0 Å². The molecule has 0 aromatic heterocycles. The molecule has 0 bridgehead atoms. The molecule has 0 spiro atoms. The number of hydrogen-bond acceptors (Lipinski definition) is 3. The van der Waals surface area contributed by atoms with Crippen molar-refractivity contribution in [2.75, 3.05) is 25.6 Å². The molecule has 3 heteroatoms. The summed E-state index contributed by atoms with van der Waals surface area (Å²) in [4.78, 5) is 0. The maximum Gasteiger partial charge on any atom is 0.0607 e. The summed E-state index contributed by atoms with van der Waals surface area (Å²) >= 11 is 1.79. The Morgan fingerprint density at radius 3 is 3.00 bits per heavy atom. The summed E-state index contributed by atoms with van der Waals surface area (Å²) in [6.07, 6.45) is 0. The fourth-order valence-electron chi connectivity index (χ4n) is 0.642. The Morgan fingerprint density at radius 2 is 2.62 bits per heavy atom. The molecule has 0 amide bonds. The molecule has 1 N–H and O–H groups in total. The second kappa shape index (κ2) is 3.33. The highest BCUT2D eigenvalue weighted by Gasteiger charge is 2.11. The van der Waals surface area contributed by atoms with Gasteiger partial charge >= 0.3 is 0 Å².